The summed E-state index contributed by atoms with van der Waals surface area (Å²) in [6, 6.07) is 4.03. The first kappa shape index (κ1) is 20.3. The highest BCUT2D eigenvalue weighted by Gasteiger charge is 2.18. The highest BCUT2D eigenvalue weighted by Crippen LogP contribution is 2.14. The Bertz CT molecular complexity index is 795. The van der Waals surface area contributed by atoms with Crippen LogP contribution in [0.15, 0.2) is 28.8 Å². The first-order valence-corrected chi connectivity index (χ1v) is 8.63. The molecule has 0 saturated carbocycles. The highest BCUT2D eigenvalue weighted by molar-refractivity contribution is 5.96. The Morgan fingerprint density at radius 2 is 1.93 bits per heavy atom. The fourth-order valence-electron chi connectivity index (χ4n) is 2.36. The number of hydrogen-bond acceptors (Lipinski definition) is 4. The van der Waals surface area contributed by atoms with Gasteiger partial charge in [-0.1, -0.05) is 24.9 Å². The number of anilines is 2. The maximum Gasteiger partial charge on any atom is 0.322 e. The van der Waals surface area contributed by atoms with Crippen molar-refractivity contribution in [2.45, 2.75) is 33.1 Å². The molecule has 2 rings (SSSR count). The predicted molar refractivity (Wildman–Crippen MR) is 96.3 cm³/mol. The van der Waals surface area contributed by atoms with Crippen LogP contribution < -0.4 is 10.6 Å². The Balaban J connectivity index is 2.01. The number of nitrogens with zero attached hydrogens (tertiary/aromatic N) is 2. The maximum absolute atomic E-state index is 13.3. The number of unbranched alkanes of at least 4 members (excludes halogenated alkanes) is 2. The van der Waals surface area contributed by atoms with Crippen molar-refractivity contribution in [1.29, 1.82) is 0 Å². The van der Waals surface area contributed by atoms with Crippen LogP contribution in [0.1, 0.15) is 31.9 Å². The minimum atomic E-state index is -1.07. The number of carbonyl (C=O) groups excluding carboxylic acids is 2. The third kappa shape index (κ3) is 6.36. The Kier molecular flexibility index (Phi) is 7.27. The van der Waals surface area contributed by atoms with Crippen LogP contribution in [0.25, 0.3) is 0 Å². The van der Waals surface area contributed by atoms with E-state index in [2.05, 4.69) is 15.8 Å². The number of hydrogen-bond donors (Lipinski definition) is 2. The van der Waals surface area contributed by atoms with Gasteiger partial charge in [0.25, 0.3) is 0 Å². The summed E-state index contributed by atoms with van der Waals surface area (Å²) in [4.78, 5) is 26.0. The van der Waals surface area contributed by atoms with E-state index in [0.29, 0.717) is 18.7 Å². The van der Waals surface area contributed by atoms with E-state index >= 15 is 0 Å². The molecule has 0 bridgehead atoms. The van der Waals surface area contributed by atoms with Crippen molar-refractivity contribution in [2.24, 2.45) is 0 Å². The van der Waals surface area contributed by atoms with E-state index in [1.54, 1.807) is 13.0 Å². The summed E-state index contributed by atoms with van der Waals surface area (Å²) in [6.45, 7) is 3.83. The molecule has 146 valence electrons. The van der Waals surface area contributed by atoms with Crippen molar-refractivity contribution in [1.82, 2.24) is 10.1 Å². The van der Waals surface area contributed by atoms with Crippen molar-refractivity contribution in [3.63, 3.8) is 0 Å². The van der Waals surface area contributed by atoms with Gasteiger partial charge in [0.2, 0.25) is 5.91 Å². The fraction of sp³-hybridized carbons (Fsp3) is 0.389. The molecule has 2 N–H and O–H groups in total. The van der Waals surface area contributed by atoms with Gasteiger partial charge in [-0.2, -0.15) is 0 Å². The van der Waals surface area contributed by atoms with Gasteiger partial charge in [-0.3, -0.25) is 4.79 Å². The second-order valence-corrected chi connectivity index (χ2v) is 6.06. The largest absolute Gasteiger partial charge is 0.360 e. The molecule has 1 heterocycles. The van der Waals surface area contributed by atoms with E-state index in [0.717, 1.165) is 25.0 Å². The minimum absolute atomic E-state index is 0.104. The molecule has 0 aliphatic heterocycles. The van der Waals surface area contributed by atoms with Gasteiger partial charge >= 0.3 is 6.03 Å². The van der Waals surface area contributed by atoms with Crippen LogP contribution in [0.5, 0.6) is 0 Å². The second-order valence-electron chi connectivity index (χ2n) is 6.06. The Morgan fingerprint density at radius 1 is 1.15 bits per heavy atom. The third-order valence-corrected chi connectivity index (χ3v) is 3.72. The summed E-state index contributed by atoms with van der Waals surface area (Å²) >= 11 is 0. The molecule has 0 aliphatic carbocycles. The van der Waals surface area contributed by atoms with Gasteiger partial charge < -0.3 is 20.1 Å². The number of aromatic nitrogens is 1. The number of halogens is 2. The van der Waals surface area contributed by atoms with Gasteiger partial charge in [0.1, 0.15) is 12.3 Å². The normalized spacial score (nSPS) is 10.5. The number of carbonyl (C=O) groups is 2. The predicted octanol–water partition coefficient (Wildman–Crippen LogP) is 3.92. The van der Waals surface area contributed by atoms with Crippen LogP contribution >= 0.6 is 0 Å². The third-order valence-electron chi connectivity index (χ3n) is 3.72. The topological polar surface area (TPSA) is 87.5 Å². The SMILES string of the molecule is CCCCCN(CC(=O)Nc1cc(C)on1)C(=O)Nc1ccc(F)c(F)c1. The molecule has 0 aliphatic rings. The molecular formula is C18H22F2N4O3. The van der Waals surface area contributed by atoms with Crippen LogP contribution in [-0.4, -0.2) is 35.1 Å². The van der Waals surface area contributed by atoms with Gasteiger partial charge in [-0.15, -0.1) is 0 Å². The smallest absolute Gasteiger partial charge is 0.322 e. The number of nitrogens with one attached hydrogen (secondary N) is 2. The maximum atomic E-state index is 13.3. The Labute approximate surface area is 155 Å². The average Bonchev–Trinajstić information content (AvgIpc) is 3.02. The summed E-state index contributed by atoms with van der Waals surface area (Å²) in [6.07, 6.45) is 2.54. The van der Waals surface area contributed by atoms with E-state index in [1.165, 1.54) is 11.0 Å². The van der Waals surface area contributed by atoms with Crippen molar-refractivity contribution in [3.8, 4) is 0 Å². The lowest BCUT2D eigenvalue weighted by molar-refractivity contribution is -0.116. The zero-order valence-corrected chi connectivity index (χ0v) is 15.2. The summed E-state index contributed by atoms with van der Waals surface area (Å²) < 4.78 is 31.2. The van der Waals surface area contributed by atoms with Crippen molar-refractivity contribution in [3.05, 3.63) is 41.7 Å². The van der Waals surface area contributed by atoms with Gasteiger partial charge in [-0.05, 0) is 25.5 Å². The van der Waals surface area contributed by atoms with Gasteiger partial charge in [0.05, 0.1) is 0 Å². The molecule has 1 aromatic heterocycles. The molecule has 9 heteroatoms. The van der Waals surface area contributed by atoms with Crippen molar-refractivity contribution in [2.75, 3.05) is 23.7 Å². The van der Waals surface area contributed by atoms with Crippen molar-refractivity contribution >= 4 is 23.4 Å². The van der Waals surface area contributed by atoms with Crippen LogP contribution in [0.4, 0.5) is 25.1 Å². The standard InChI is InChI=1S/C18H22F2N4O3/c1-3-4-5-8-24(11-17(25)22-16-9-12(2)27-23-16)18(26)21-13-6-7-14(19)15(20)10-13/h6-7,9-10H,3-5,8,11H2,1-2H3,(H,21,26)(H,22,23,25). The molecule has 3 amide bonds. The van der Waals surface area contributed by atoms with Crippen LogP contribution in [-0.2, 0) is 4.79 Å². The van der Waals surface area contributed by atoms with Gasteiger partial charge in [-0.25, -0.2) is 13.6 Å². The van der Waals surface area contributed by atoms with Gasteiger partial charge in [0, 0.05) is 24.4 Å². The monoisotopic (exact) mass is 380 g/mol. The first-order chi connectivity index (χ1) is 12.9. The fourth-order valence-corrected chi connectivity index (χ4v) is 2.36. The Morgan fingerprint density at radius 3 is 2.56 bits per heavy atom. The van der Waals surface area contributed by atoms with E-state index in [1.807, 2.05) is 6.92 Å². The molecule has 27 heavy (non-hydrogen) atoms. The molecule has 1 aromatic carbocycles. The molecule has 7 nitrogen and oxygen atoms in total. The lowest BCUT2D eigenvalue weighted by atomic mass is 10.2. The summed E-state index contributed by atoms with van der Waals surface area (Å²) in [5, 5.41) is 8.69. The van der Waals surface area contributed by atoms with Crippen LogP contribution in [0.3, 0.4) is 0 Å². The summed E-state index contributed by atoms with van der Waals surface area (Å²) in [5.41, 5.74) is 0.104. The summed E-state index contributed by atoms with van der Waals surface area (Å²) in [5.74, 6) is -1.71. The molecule has 0 fully saturated rings. The quantitative estimate of drug-likeness (QED) is 0.680. The Hall–Kier alpha value is -2.97. The van der Waals surface area contributed by atoms with E-state index < -0.39 is 23.6 Å². The lowest BCUT2D eigenvalue weighted by Crippen LogP contribution is -2.41. The molecule has 2 aromatic rings. The van der Waals surface area contributed by atoms with Gasteiger partial charge in [0.15, 0.2) is 17.5 Å². The summed E-state index contributed by atoms with van der Waals surface area (Å²) in [7, 11) is 0. The minimum Gasteiger partial charge on any atom is -0.360 e. The molecule has 0 spiro atoms. The number of benzene rings is 1. The number of urea groups is 1. The molecule has 0 saturated heterocycles. The molecule has 0 unspecified atom stereocenters. The van der Waals surface area contributed by atoms with Crippen molar-refractivity contribution < 1.29 is 22.9 Å². The van der Waals surface area contributed by atoms with Crippen LogP contribution in [0.2, 0.25) is 0 Å². The van der Waals surface area contributed by atoms with E-state index in [4.69, 9.17) is 4.52 Å². The van der Waals surface area contributed by atoms with Crippen LogP contribution in [0, 0.1) is 18.6 Å². The zero-order chi connectivity index (χ0) is 19.8. The zero-order valence-electron chi connectivity index (χ0n) is 15.2. The molecule has 0 atom stereocenters. The van der Waals surface area contributed by atoms with E-state index in [-0.39, 0.29) is 18.1 Å². The van der Waals surface area contributed by atoms with E-state index in [9.17, 15) is 18.4 Å². The molecule has 0 radical (unpaired) electrons. The highest BCUT2D eigenvalue weighted by atomic mass is 19.2. The number of rotatable bonds is 8. The molecular weight excluding hydrogens is 358 g/mol. The average molecular weight is 380 g/mol. The second kappa shape index (κ2) is 9.65. The first-order valence-electron chi connectivity index (χ1n) is 8.63. The number of aryl methyl sites for hydroxylation is 1. The number of amides is 3. The lowest BCUT2D eigenvalue weighted by Gasteiger charge is -2.22.